The molecule has 0 saturated heterocycles. The predicted octanol–water partition coefficient (Wildman–Crippen LogP) is 6.91. The van der Waals surface area contributed by atoms with Gasteiger partial charge in [0.2, 0.25) is 5.28 Å². The van der Waals surface area contributed by atoms with E-state index in [-0.39, 0.29) is 0 Å². The Labute approximate surface area is 218 Å². The van der Waals surface area contributed by atoms with Crippen LogP contribution in [0, 0.1) is 0 Å². The number of aromatic nitrogens is 2. The molecular weight excluding hydrogens is 456 g/mol. The van der Waals surface area contributed by atoms with Crippen LogP contribution < -0.4 is 15.5 Å². The van der Waals surface area contributed by atoms with Gasteiger partial charge in [-0.25, -0.2) is 0 Å². The van der Waals surface area contributed by atoms with Gasteiger partial charge in [0, 0.05) is 39.4 Å². The van der Waals surface area contributed by atoms with Crippen molar-refractivity contribution in [1.29, 1.82) is 0 Å². The minimum Gasteiger partial charge on any atom is -0.378 e. The van der Waals surface area contributed by atoms with E-state index in [1.807, 2.05) is 13.1 Å². The maximum absolute atomic E-state index is 6.01. The summed E-state index contributed by atoms with van der Waals surface area (Å²) in [5, 5.41) is 6.50. The van der Waals surface area contributed by atoms with Crippen molar-refractivity contribution in [3.63, 3.8) is 0 Å². The second-order valence-corrected chi connectivity index (χ2v) is 8.98. The topological polar surface area (TPSA) is 59.2 Å². The molecule has 0 bridgehead atoms. The van der Waals surface area contributed by atoms with Gasteiger partial charge in [-0.1, -0.05) is 51.1 Å². The van der Waals surface area contributed by atoms with E-state index >= 15 is 0 Å². The molecule has 0 aliphatic heterocycles. The number of anilines is 2. The molecule has 194 valence electrons. The standard InChI is InChI=1S/C18H29ClN4.C10H16N2/c1-5-8-10-12-14-23(13-11-9-6-2)15(4)16-17(20-7-3)22-18(19)21-16;1-11-8-9-5-4-6-10(7-9)12(2)3/h5,7,20H,1,3-4,6,8-14H2,2H3,(H,21,22);4-7,11H,8H2,1-3H3. The number of H-pyrrole nitrogens is 1. The molecule has 0 fully saturated rings. The van der Waals surface area contributed by atoms with E-state index in [1.54, 1.807) is 6.20 Å². The van der Waals surface area contributed by atoms with Crippen LogP contribution in [0.2, 0.25) is 5.28 Å². The summed E-state index contributed by atoms with van der Waals surface area (Å²) in [7, 11) is 6.07. The minimum atomic E-state index is 0.352. The Bertz CT molecular complexity index is 889. The number of nitrogens with one attached hydrogen (secondary N) is 3. The van der Waals surface area contributed by atoms with Gasteiger partial charge in [-0.2, -0.15) is 4.98 Å². The average molecular weight is 501 g/mol. The van der Waals surface area contributed by atoms with Gasteiger partial charge in [-0.05, 0) is 68.2 Å². The number of benzene rings is 1. The van der Waals surface area contributed by atoms with E-state index < -0.39 is 0 Å². The number of imidazole rings is 1. The van der Waals surface area contributed by atoms with Crippen LogP contribution in [0.5, 0.6) is 0 Å². The van der Waals surface area contributed by atoms with Crippen molar-refractivity contribution in [1.82, 2.24) is 20.2 Å². The number of halogens is 1. The Hall–Kier alpha value is -2.70. The second kappa shape index (κ2) is 17.7. The molecule has 1 aromatic carbocycles. The average Bonchev–Trinajstić information content (AvgIpc) is 3.21. The number of hydrogen-bond donors (Lipinski definition) is 3. The Balaban J connectivity index is 0.000000427. The summed E-state index contributed by atoms with van der Waals surface area (Å²) < 4.78 is 0. The lowest BCUT2D eigenvalue weighted by Gasteiger charge is -2.26. The highest BCUT2D eigenvalue weighted by molar-refractivity contribution is 6.28. The third-order valence-electron chi connectivity index (χ3n) is 5.51. The number of hydrogen-bond acceptors (Lipinski definition) is 5. The van der Waals surface area contributed by atoms with Crippen LogP contribution in [0.25, 0.3) is 5.70 Å². The molecule has 2 aromatic rings. The van der Waals surface area contributed by atoms with Gasteiger partial charge in [0.1, 0.15) is 5.69 Å². The normalized spacial score (nSPS) is 10.2. The van der Waals surface area contributed by atoms with Gasteiger partial charge in [-0.15, -0.1) is 6.58 Å². The van der Waals surface area contributed by atoms with Crippen LogP contribution >= 0.6 is 11.6 Å². The zero-order valence-corrected chi connectivity index (χ0v) is 22.9. The van der Waals surface area contributed by atoms with Gasteiger partial charge in [0.05, 0.1) is 5.70 Å². The number of nitrogens with zero attached hydrogens (tertiary/aromatic N) is 3. The number of unbranched alkanes of at least 4 members (excludes halogenated alkanes) is 4. The monoisotopic (exact) mass is 500 g/mol. The van der Waals surface area contributed by atoms with Crippen molar-refractivity contribution in [2.24, 2.45) is 0 Å². The molecule has 7 heteroatoms. The van der Waals surface area contributed by atoms with E-state index in [9.17, 15) is 0 Å². The molecule has 35 heavy (non-hydrogen) atoms. The van der Waals surface area contributed by atoms with E-state index in [4.69, 9.17) is 11.6 Å². The van der Waals surface area contributed by atoms with Crippen molar-refractivity contribution < 1.29 is 0 Å². The van der Waals surface area contributed by atoms with E-state index in [0.717, 1.165) is 56.7 Å². The fraction of sp³-hybridized carbons (Fsp3) is 0.464. The van der Waals surface area contributed by atoms with Crippen LogP contribution in [0.3, 0.4) is 0 Å². The van der Waals surface area contributed by atoms with Gasteiger partial charge in [-0.3, -0.25) is 0 Å². The van der Waals surface area contributed by atoms with Gasteiger partial charge < -0.3 is 25.4 Å². The smallest absolute Gasteiger partial charge is 0.202 e. The zero-order chi connectivity index (χ0) is 26.1. The fourth-order valence-electron chi connectivity index (χ4n) is 3.59. The Morgan fingerprint density at radius 1 is 1.14 bits per heavy atom. The SMILES string of the molecule is C=CCCCCN(CCCCC)C(=C)c1[nH]c(Cl)nc1NC=C.CNCc1cccc(N(C)C)c1. The molecule has 3 N–H and O–H groups in total. The first-order valence-corrected chi connectivity index (χ1v) is 12.8. The highest BCUT2D eigenvalue weighted by Crippen LogP contribution is 2.26. The van der Waals surface area contributed by atoms with Crippen molar-refractivity contribution in [3.8, 4) is 0 Å². The first-order valence-electron chi connectivity index (χ1n) is 12.5. The summed E-state index contributed by atoms with van der Waals surface area (Å²) >= 11 is 6.01. The Kier molecular flexibility index (Phi) is 15.3. The second-order valence-electron chi connectivity index (χ2n) is 8.62. The highest BCUT2D eigenvalue weighted by Gasteiger charge is 2.16. The van der Waals surface area contributed by atoms with Crippen LogP contribution in [0.1, 0.15) is 56.7 Å². The van der Waals surface area contributed by atoms with E-state index in [1.165, 1.54) is 24.1 Å². The number of allylic oxidation sites excluding steroid dienone is 1. The summed E-state index contributed by atoms with van der Waals surface area (Å²) in [5.41, 5.74) is 4.32. The molecule has 0 spiro atoms. The Morgan fingerprint density at radius 2 is 1.86 bits per heavy atom. The lowest BCUT2D eigenvalue weighted by Crippen LogP contribution is -2.24. The van der Waals surface area contributed by atoms with E-state index in [0.29, 0.717) is 11.1 Å². The molecule has 2 rings (SSSR count). The molecule has 1 aromatic heterocycles. The zero-order valence-electron chi connectivity index (χ0n) is 22.2. The van der Waals surface area contributed by atoms with Gasteiger partial charge in [0.25, 0.3) is 0 Å². The number of rotatable bonds is 16. The molecule has 0 radical (unpaired) electrons. The summed E-state index contributed by atoms with van der Waals surface area (Å²) in [6, 6.07) is 8.52. The molecule has 0 saturated carbocycles. The molecule has 0 atom stereocenters. The maximum atomic E-state index is 6.01. The third-order valence-corrected chi connectivity index (χ3v) is 5.69. The van der Waals surface area contributed by atoms with Crippen molar-refractivity contribution in [3.05, 3.63) is 72.8 Å². The molecular formula is C28H45ClN6. The third kappa shape index (κ3) is 11.5. The minimum absolute atomic E-state index is 0.352. The largest absolute Gasteiger partial charge is 0.378 e. The van der Waals surface area contributed by atoms with Crippen molar-refractivity contribution in [2.45, 2.75) is 52.0 Å². The predicted molar refractivity (Wildman–Crippen MR) is 155 cm³/mol. The van der Waals surface area contributed by atoms with Gasteiger partial charge in [0.15, 0.2) is 5.82 Å². The van der Waals surface area contributed by atoms with Crippen LogP contribution in [0.15, 0.2) is 56.3 Å². The lowest BCUT2D eigenvalue weighted by atomic mass is 10.2. The molecule has 0 aliphatic rings. The van der Waals surface area contributed by atoms with Crippen molar-refractivity contribution >= 4 is 28.8 Å². The summed E-state index contributed by atoms with van der Waals surface area (Å²) in [5.74, 6) is 0.668. The molecule has 0 amide bonds. The van der Waals surface area contributed by atoms with Crippen LogP contribution in [-0.2, 0) is 6.54 Å². The highest BCUT2D eigenvalue weighted by atomic mass is 35.5. The van der Waals surface area contributed by atoms with Crippen molar-refractivity contribution in [2.75, 3.05) is 44.4 Å². The first-order chi connectivity index (χ1) is 16.9. The lowest BCUT2D eigenvalue weighted by molar-refractivity contribution is 0.373. The fourth-order valence-corrected chi connectivity index (χ4v) is 3.77. The van der Waals surface area contributed by atoms with Gasteiger partial charge >= 0.3 is 0 Å². The summed E-state index contributed by atoms with van der Waals surface area (Å²) in [4.78, 5) is 11.8. The first kappa shape index (κ1) is 30.3. The quantitative estimate of drug-likeness (QED) is 0.173. The van der Waals surface area contributed by atoms with E-state index in [2.05, 4.69) is 95.4 Å². The molecule has 0 aliphatic carbocycles. The molecule has 6 nitrogen and oxygen atoms in total. The molecule has 0 unspecified atom stereocenters. The Morgan fingerprint density at radius 3 is 2.46 bits per heavy atom. The summed E-state index contributed by atoms with van der Waals surface area (Å²) in [6.45, 7) is 16.8. The maximum Gasteiger partial charge on any atom is 0.202 e. The van der Waals surface area contributed by atoms with Crippen LogP contribution in [-0.4, -0.2) is 49.1 Å². The molecule has 1 heterocycles. The summed E-state index contributed by atoms with van der Waals surface area (Å²) in [6.07, 6.45) is 10.4. The number of aromatic amines is 1. The van der Waals surface area contributed by atoms with Crippen LogP contribution in [0.4, 0.5) is 11.5 Å².